The van der Waals surface area contributed by atoms with Crippen LogP contribution in [0.5, 0.6) is 5.75 Å². The maximum Gasteiger partial charge on any atom is 0.323 e. The quantitative estimate of drug-likeness (QED) is 0.679. The molecule has 0 aliphatic carbocycles. The average molecular weight is 336 g/mol. The van der Waals surface area contributed by atoms with Crippen molar-refractivity contribution in [3.63, 3.8) is 0 Å². The molecule has 2 heterocycles. The van der Waals surface area contributed by atoms with Crippen LogP contribution in [0.2, 0.25) is 0 Å². The lowest BCUT2D eigenvalue weighted by Crippen LogP contribution is -2.38. The van der Waals surface area contributed by atoms with Gasteiger partial charge in [-0.2, -0.15) is 0 Å². The zero-order chi connectivity index (χ0) is 17.4. The second kappa shape index (κ2) is 5.86. The fraction of sp³-hybridized carbons (Fsp3) is 0.111. The van der Waals surface area contributed by atoms with Gasteiger partial charge in [0.05, 0.1) is 24.5 Å². The Hall–Kier alpha value is -3.48. The maximum absolute atomic E-state index is 12.0. The molecular weight excluding hydrogens is 320 g/mol. The number of hydrogen-bond donors (Lipinski definition) is 4. The van der Waals surface area contributed by atoms with Crippen LogP contribution in [0.25, 0.3) is 5.70 Å². The fourth-order valence-corrected chi connectivity index (χ4v) is 3.02. The van der Waals surface area contributed by atoms with Gasteiger partial charge in [-0.1, -0.05) is 18.2 Å². The highest BCUT2D eigenvalue weighted by Gasteiger charge is 2.25. The highest BCUT2D eigenvalue weighted by molar-refractivity contribution is 6.03. The SMILES string of the molecule is COc1ccc2c(c1)NC(=O)N/C2=C\C1NC(=O)Nc2ccccc21. The predicted octanol–water partition coefficient (Wildman–Crippen LogP) is 3.05. The molecular formula is C18H16N4O3. The van der Waals surface area contributed by atoms with Gasteiger partial charge < -0.3 is 26.0 Å². The third-order valence-electron chi connectivity index (χ3n) is 4.18. The van der Waals surface area contributed by atoms with Crippen LogP contribution in [0.15, 0.2) is 48.5 Å². The van der Waals surface area contributed by atoms with Gasteiger partial charge in [-0.15, -0.1) is 0 Å². The van der Waals surface area contributed by atoms with E-state index in [1.807, 2.05) is 42.5 Å². The molecule has 0 spiro atoms. The molecule has 126 valence electrons. The van der Waals surface area contributed by atoms with Crippen molar-refractivity contribution in [2.45, 2.75) is 6.04 Å². The minimum absolute atomic E-state index is 0.282. The molecule has 1 atom stereocenters. The molecule has 7 heteroatoms. The second-order valence-electron chi connectivity index (χ2n) is 5.73. The minimum atomic E-state index is -0.353. The Bertz CT molecular complexity index is 907. The second-order valence-corrected chi connectivity index (χ2v) is 5.73. The molecule has 0 saturated heterocycles. The van der Waals surface area contributed by atoms with E-state index < -0.39 is 0 Å². The number of fused-ring (bicyclic) bond motifs is 2. The molecule has 4 N–H and O–H groups in total. The Labute approximate surface area is 144 Å². The van der Waals surface area contributed by atoms with Crippen LogP contribution >= 0.6 is 0 Å². The van der Waals surface area contributed by atoms with Gasteiger partial charge in [0.15, 0.2) is 0 Å². The zero-order valence-corrected chi connectivity index (χ0v) is 13.4. The molecule has 2 aliphatic heterocycles. The van der Waals surface area contributed by atoms with Crippen molar-refractivity contribution in [3.05, 3.63) is 59.7 Å². The van der Waals surface area contributed by atoms with Crippen LogP contribution in [0.3, 0.4) is 0 Å². The van der Waals surface area contributed by atoms with E-state index in [9.17, 15) is 9.59 Å². The van der Waals surface area contributed by atoms with Crippen LogP contribution in [0.4, 0.5) is 21.0 Å². The first-order chi connectivity index (χ1) is 12.1. The molecule has 2 aromatic rings. The number of ether oxygens (including phenoxy) is 1. The van der Waals surface area contributed by atoms with Gasteiger partial charge in [-0.05, 0) is 24.3 Å². The van der Waals surface area contributed by atoms with Gasteiger partial charge in [0.25, 0.3) is 0 Å². The Kier molecular flexibility index (Phi) is 3.53. The van der Waals surface area contributed by atoms with Crippen LogP contribution in [-0.2, 0) is 0 Å². The number of carbonyl (C=O) groups excluding carboxylic acids is 2. The Morgan fingerprint density at radius 1 is 0.960 bits per heavy atom. The largest absolute Gasteiger partial charge is 0.497 e. The normalized spacial score (nSPS) is 19.7. The van der Waals surface area contributed by atoms with Crippen molar-refractivity contribution >= 4 is 29.1 Å². The lowest BCUT2D eigenvalue weighted by molar-refractivity contribution is 0.249. The lowest BCUT2D eigenvalue weighted by Gasteiger charge is -2.27. The van der Waals surface area contributed by atoms with Crippen LogP contribution in [0.1, 0.15) is 17.2 Å². The lowest BCUT2D eigenvalue weighted by atomic mass is 9.98. The number of urea groups is 2. The van der Waals surface area contributed by atoms with E-state index in [4.69, 9.17) is 4.74 Å². The van der Waals surface area contributed by atoms with E-state index in [-0.39, 0.29) is 18.1 Å². The maximum atomic E-state index is 12.0. The van der Waals surface area contributed by atoms with Gasteiger partial charge in [0.1, 0.15) is 5.75 Å². The molecule has 4 amide bonds. The Morgan fingerprint density at radius 2 is 1.76 bits per heavy atom. The molecule has 0 fully saturated rings. The number of para-hydroxylation sites is 1. The number of rotatable bonds is 2. The minimum Gasteiger partial charge on any atom is -0.497 e. The summed E-state index contributed by atoms with van der Waals surface area (Å²) in [6.07, 6.45) is 1.83. The number of methoxy groups -OCH3 is 1. The summed E-state index contributed by atoms with van der Waals surface area (Å²) >= 11 is 0. The average Bonchev–Trinajstić information content (AvgIpc) is 2.60. The molecule has 0 saturated carbocycles. The number of carbonyl (C=O) groups is 2. The van der Waals surface area contributed by atoms with E-state index in [1.54, 1.807) is 13.2 Å². The van der Waals surface area contributed by atoms with Gasteiger partial charge in [-0.3, -0.25) is 0 Å². The summed E-state index contributed by atoms with van der Waals surface area (Å²) < 4.78 is 5.20. The molecule has 0 radical (unpaired) electrons. The highest BCUT2D eigenvalue weighted by atomic mass is 16.5. The zero-order valence-electron chi connectivity index (χ0n) is 13.4. The summed E-state index contributed by atoms with van der Waals surface area (Å²) in [5.74, 6) is 0.654. The van der Waals surface area contributed by atoms with Crippen molar-refractivity contribution < 1.29 is 14.3 Å². The highest BCUT2D eigenvalue weighted by Crippen LogP contribution is 2.34. The van der Waals surface area contributed by atoms with Crippen molar-refractivity contribution in [1.82, 2.24) is 10.6 Å². The molecule has 4 rings (SSSR count). The van der Waals surface area contributed by atoms with Gasteiger partial charge in [0, 0.05) is 22.9 Å². The molecule has 0 aromatic heterocycles. The summed E-state index contributed by atoms with van der Waals surface area (Å²) in [5.41, 5.74) is 3.79. The first kappa shape index (κ1) is 15.1. The first-order valence-corrected chi connectivity index (χ1v) is 7.79. The van der Waals surface area contributed by atoms with Crippen molar-refractivity contribution in [2.75, 3.05) is 17.7 Å². The van der Waals surface area contributed by atoms with E-state index >= 15 is 0 Å². The summed E-state index contributed by atoms with van der Waals surface area (Å²) in [4.78, 5) is 23.9. The van der Waals surface area contributed by atoms with E-state index in [0.29, 0.717) is 17.1 Å². The molecule has 2 aromatic carbocycles. The molecule has 7 nitrogen and oxygen atoms in total. The Morgan fingerprint density at radius 3 is 2.60 bits per heavy atom. The van der Waals surface area contributed by atoms with Gasteiger partial charge >= 0.3 is 12.1 Å². The van der Waals surface area contributed by atoms with Crippen molar-refractivity contribution in [2.24, 2.45) is 0 Å². The molecule has 1 unspecified atom stereocenters. The number of nitrogens with one attached hydrogen (secondary N) is 4. The summed E-state index contributed by atoms with van der Waals surface area (Å²) in [5, 5.41) is 11.2. The van der Waals surface area contributed by atoms with Gasteiger partial charge in [0.2, 0.25) is 0 Å². The van der Waals surface area contributed by atoms with Crippen molar-refractivity contribution in [1.29, 1.82) is 0 Å². The topological polar surface area (TPSA) is 91.5 Å². The molecule has 0 bridgehead atoms. The fourth-order valence-electron chi connectivity index (χ4n) is 3.02. The van der Waals surface area contributed by atoms with Crippen molar-refractivity contribution in [3.8, 4) is 5.75 Å². The molecule has 2 aliphatic rings. The summed E-state index contributed by atoms with van der Waals surface area (Å²) in [6, 6.07) is 12.0. The third-order valence-corrected chi connectivity index (χ3v) is 4.18. The summed E-state index contributed by atoms with van der Waals surface area (Å²) in [7, 11) is 1.57. The Balaban J connectivity index is 1.78. The van der Waals surface area contributed by atoms with E-state index in [0.717, 1.165) is 16.8 Å². The van der Waals surface area contributed by atoms with Crippen LogP contribution < -0.4 is 26.0 Å². The van der Waals surface area contributed by atoms with Crippen LogP contribution in [-0.4, -0.2) is 19.2 Å². The summed E-state index contributed by atoms with van der Waals surface area (Å²) in [6.45, 7) is 0. The first-order valence-electron chi connectivity index (χ1n) is 7.79. The number of amides is 4. The van der Waals surface area contributed by atoms with Crippen LogP contribution in [0, 0.1) is 0 Å². The predicted molar refractivity (Wildman–Crippen MR) is 94.5 cm³/mol. The third kappa shape index (κ3) is 2.76. The monoisotopic (exact) mass is 336 g/mol. The van der Waals surface area contributed by atoms with E-state index in [1.165, 1.54) is 0 Å². The standard InChI is InChI=1S/C18H16N4O3/c1-25-10-6-7-12-14(8-10)20-18(24)22-16(12)9-15-11-4-2-3-5-13(11)19-17(23)21-15/h2-9,15H,1H3,(H2,19,21,23)(H2,20,22,24)/b16-9-. The number of hydrogen-bond acceptors (Lipinski definition) is 3. The molecule has 25 heavy (non-hydrogen) atoms. The number of benzene rings is 2. The number of anilines is 2. The smallest absolute Gasteiger partial charge is 0.323 e. The van der Waals surface area contributed by atoms with E-state index in [2.05, 4.69) is 21.3 Å². The van der Waals surface area contributed by atoms with Gasteiger partial charge in [-0.25, -0.2) is 9.59 Å².